The summed E-state index contributed by atoms with van der Waals surface area (Å²) in [7, 11) is 0. The minimum absolute atomic E-state index is 0.175. The average molecular weight is 619 g/mol. The first kappa shape index (κ1) is 30.8. The van der Waals surface area contributed by atoms with Crippen LogP contribution in [0.3, 0.4) is 0 Å². The van der Waals surface area contributed by atoms with Crippen LogP contribution in [0, 0.1) is 0 Å². The van der Waals surface area contributed by atoms with E-state index in [1.54, 1.807) is 0 Å². The maximum Gasteiger partial charge on any atom is 0.416 e. The summed E-state index contributed by atoms with van der Waals surface area (Å²) in [5.41, 5.74) is -2.07. The molecule has 224 valence electrons. The Morgan fingerprint density at radius 3 is 2.26 bits per heavy atom. The smallest absolute Gasteiger partial charge is 0.416 e. The second kappa shape index (κ2) is 11.6. The maximum absolute atomic E-state index is 13.5. The fourth-order valence-corrected chi connectivity index (χ4v) is 4.18. The van der Waals surface area contributed by atoms with Gasteiger partial charge in [-0.1, -0.05) is 29.8 Å². The van der Waals surface area contributed by atoms with E-state index in [9.17, 15) is 46.1 Å². The van der Waals surface area contributed by atoms with Crippen molar-refractivity contribution in [2.24, 2.45) is 0 Å². The van der Waals surface area contributed by atoms with Crippen LogP contribution in [0.2, 0.25) is 5.02 Å². The van der Waals surface area contributed by atoms with Crippen LogP contribution in [-0.2, 0) is 30.5 Å². The highest BCUT2D eigenvalue weighted by molar-refractivity contribution is 6.30. The van der Waals surface area contributed by atoms with Gasteiger partial charge in [-0.2, -0.15) is 31.4 Å². The van der Waals surface area contributed by atoms with Crippen molar-refractivity contribution in [3.63, 3.8) is 0 Å². The molecule has 17 heteroatoms. The zero-order valence-corrected chi connectivity index (χ0v) is 22.2. The third-order valence-electron chi connectivity index (χ3n) is 6.19. The number of benzene rings is 2. The van der Waals surface area contributed by atoms with Crippen LogP contribution in [0.1, 0.15) is 35.7 Å². The lowest BCUT2D eigenvalue weighted by molar-refractivity contribution is -0.207. The molecule has 0 saturated carbocycles. The fourth-order valence-electron chi connectivity index (χ4n) is 4.05. The summed E-state index contributed by atoms with van der Waals surface area (Å²) in [5, 5.41) is 27.7. The summed E-state index contributed by atoms with van der Waals surface area (Å²) < 4.78 is 82.1. The monoisotopic (exact) mass is 618 g/mol. The molecule has 4 rings (SSSR count). The Kier molecular flexibility index (Phi) is 8.50. The molecule has 0 aliphatic carbocycles. The van der Waals surface area contributed by atoms with Gasteiger partial charge in [0.2, 0.25) is 0 Å². The zero-order valence-electron chi connectivity index (χ0n) is 21.4. The summed E-state index contributed by atoms with van der Waals surface area (Å²) in [4.78, 5) is 29.1. The highest BCUT2D eigenvalue weighted by Gasteiger charge is 2.39. The molecule has 0 fully saturated rings. The number of aliphatic hydroxyl groups is 1. The molecule has 4 aromatic rings. The average Bonchev–Trinajstić information content (AvgIpc) is 3.43. The number of carbonyl (C=O) groups is 1. The van der Waals surface area contributed by atoms with Crippen LogP contribution < -0.4 is 5.69 Å². The number of carboxylic acids is 1. The van der Waals surface area contributed by atoms with Crippen LogP contribution in [0.15, 0.2) is 53.3 Å². The number of nitrogens with zero attached hydrogens (tertiary/aromatic N) is 6. The van der Waals surface area contributed by atoms with Gasteiger partial charge in [0.15, 0.2) is 17.8 Å². The molecule has 0 spiro atoms. The van der Waals surface area contributed by atoms with Crippen molar-refractivity contribution in [1.82, 2.24) is 29.1 Å². The number of carboxylic acid groups (broad SMARTS) is 1. The third-order valence-corrected chi connectivity index (χ3v) is 6.44. The normalized spacial score (nSPS) is 13.7. The standard InChI is InChI=1S/C25H21ClF6N6O4/c1-13(22(40)41)38-20(33-19(34-38)10-15-4-2-3-5-17(15)24(27,28)29)12-37-23(42)36(11-18(39)25(30,31)32)21(35-37)14-6-8-16(26)9-7-14/h2-9,13,18,39H,10-12H2,1H3,(H,40,41). The van der Waals surface area contributed by atoms with E-state index in [2.05, 4.69) is 15.2 Å². The minimum Gasteiger partial charge on any atom is -0.480 e. The molecular weight excluding hydrogens is 598 g/mol. The molecule has 0 aliphatic rings. The second-order valence-electron chi connectivity index (χ2n) is 9.17. The molecule has 2 atom stereocenters. The Labute approximate surface area is 237 Å². The van der Waals surface area contributed by atoms with Gasteiger partial charge in [0.25, 0.3) is 0 Å². The molecule has 2 aromatic heterocycles. The van der Waals surface area contributed by atoms with Crippen LogP contribution in [0.4, 0.5) is 26.3 Å². The van der Waals surface area contributed by atoms with Gasteiger partial charge in [0.05, 0.1) is 12.1 Å². The number of aromatic nitrogens is 6. The predicted molar refractivity (Wildman–Crippen MR) is 135 cm³/mol. The highest BCUT2D eigenvalue weighted by atomic mass is 35.5. The molecule has 42 heavy (non-hydrogen) atoms. The van der Waals surface area contributed by atoms with Gasteiger partial charge >= 0.3 is 24.0 Å². The number of hydrogen-bond donors (Lipinski definition) is 2. The maximum atomic E-state index is 13.5. The zero-order chi connectivity index (χ0) is 31.0. The number of rotatable bonds is 9. The van der Waals surface area contributed by atoms with E-state index in [1.807, 2.05) is 0 Å². The lowest BCUT2D eigenvalue weighted by Crippen LogP contribution is -2.37. The van der Waals surface area contributed by atoms with E-state index in [0.717, 1.165) is 10.7 Å². The SMILES string of the molecule is CC(C(=O)O)n1nc(Cc2ccccc2C(F)(F)F)nc1Cn1nc(-c2ccc(Cl)cc2)n(CC(O)C(F)(F)F)c1=O. The Balaban J connectivity index is 1.78. The Morgan fingerprint density at radius 1 is 1.02 bits per heavy atom. The van der Waals surface area contributed by atoms with Crippen LogP contribution in [-0.4, -0.2) is 57.6 Å². The van der Waals surface area contributed by atoms with Crippen molar-refractivity contribution in [2.75, 3.05) is 0 Å². The molecule has 2 unspecified atom stereocenters. The summed E-state index contributed by atoms with van der Waals surface area (Å²) in [5.74, 6) is -2.06. The highest BCUT2D eigenvalue weighted by Crippen LogP contribution is 2.32. The van der Waals surface area contributed by atoms with Crippen LogP contribution in [0.5, 0.6) is 0 Å². The molecule has 10 nitrogen and oxygen atoms in total. The van der Waals surface area contributed by atoms with E-state index in [1.165, 1.54) is 49.4 Å². The predicted octanol–water partition coefficient (Wildman–Crippen LogP) is 4.18. The molecule has 0 bridgehead atoms. The number of aliphatic hydroxyl groups excluding tert-OH is 1. The second-order valence-corrected chi connectivity index (χ2v) is 9.61. The molecule has 2 aromatic carbocycles. The fraction of sp³-hybridized carbons (Fsp3) is 0.320. The summed E-state index contributed by atoms with van der Waals surface area (Å²) >= 11 is 5.88. The molecule has 0 saturated heterocycles. The van der Waals surface area contributed by atoms with Gasteiger partial charge in [-0.3, -0.25) is 4.57 Å². The lowest BCUT2D eigenvalue weighted by Gasteiger charge is -2.15. The first-order chi connectivity index (χ1) is 19.6. The van der Waals surface area contributed by atoms with E-state index < -0.39 is 61.2 Å². The van der Waals surface area contributed by atoms with Gasteiger partial charge in [-0.15, -0.1) is 5.10 Å². The van der Waals surface area contributed by atoms with Gasteiger partial charge in [-0.05, 0) is 42.8 Å². The van der Waals surface area contributed by atoms with Gasteiger partial charge in [0, 0.05) is 17.0 Å². The first-order valence-corrected chi connectivity index (χ1v) is 12.4. The quantitative estimate of drug-likeness (QED) is 0.269. The molecular formula is C25H21ClF6N6O4. The van der Waals surface area contributed by atoms with Gasteiger partial charge < -0.3 is 10.2 Å². The van der Waals surface area contributed by atoms with E-state index in [0.29, 0.717) is 9.25 Å². The lowest BCUT2D eigenvalue weighted by atomic mass is 10.0. The van der Waals surface area contributed by atoms with Crippen molar-refractivity contribution >= 4 is 17.6 Å². The van der Waals surface area contributed by atoms with Gasteiger partial charge in [0.1, 0.15) is 18.4 Å². The topological polar surface area (TPSA) is 128 Å². The molecule has 0 radical (unpaired) electrons. The summed E-state index contributed by atoms with van der Waals surface area (Å²) in [6, 6.07) is 8.84. The largest absolute Gasteiger partial charge is 0.480 e. The number of alkyl halides is 6. The number of aliphatic carboxylic acids is 1. The third kappa shape index (κ3) is 6.65. The molecule has 0 aliphatic heterocycles. The number of hydrogen-bond acceptors (Lipinski definition) is 6. The molecule has 0 amide bonds. The molecule has 2 N–H and O–H groups in total. The van der Waals surface area contributed by atoms with Crippen molar-refractivity contribution in [1.29, 1.82) is 0 Å². The van der Waals surface area contributed by atoms with E-state index >= 15 is 0 Å². The van der Waals surface area contributed by atoms with Gasteiger partial charge in [-0.25, -0.2) is 23.9 Å². The summed E-state index contributed by atoms with van der Waals surface area (Å²) in [6.07, 6.45) is -13.1. The first-order valence-electron chi connectivity index (χ1n) is 12.1. The minimum atomic E-state index is -5.06. The van der Waals surface area contributed by atoms with Crippen molar-refractivity contribution < 1.29 is 41.4 Å². The van der Waals surface area contributed by atoms with Crippen molar-refractivity contribution in [3.8, 4) is 11.4 Å². The van der Waals surface area contributed by atoms with Crippen molar-refractivity contribution in [2.45, 2.75) is 50.9 Å². The van der Waals surface area contributed by atoms with E-state index in [4.69, 9.17) is 11.6 Å². The van der Waals surface area contributed by atoms with Crippen LogP contribution >= 0.6 is 11.6 Å². The number of halogens is 7. The summed E-state index contributed by atoms with van der Waals surface area (Å²) in [6.45, 7) is -0.605. The Morgan fingerprint density at radius 2 is 1.67 bits per heavy atom. The van der Waals surface area contributed by atoms with Crippen molar-refractivity contribution in [3.05, 3.63) is 86.8 Å². The van der Waals surface area contributed by atoms with E-state index in [-0.39, 0.29) is 33.6 Å². The Hall–Kier alpha value is -4.18. The molecule has 2 heterocycles. The van der Waals surface area contributed by atoms with Crippen LogP contribution in [0.25, 0.3) is 11.4 Å². The Bertz CT molecular complexity index is 1640.